The normalized spacial score (nSPS) is 26.8. The van der Waals surface area contributed by atoms with Gasteiger partial charge in [-0.05, 0) is 55.7 Å². The summed E-state index contributed by atoms with van der Waals surface area (Å²) in [5.74, 6) is 0.440. The highest BCUT2D eigenvalue weighted by Crippen LogP contribution is 2.36. The third-order valence-corrected chi connectivity index (χ3v) is 5.51. The van der Waals surface area contributed by atoms with Crippen LogP contribution in [0.15, 0.2) is 11.4 Å². The second-order valence-electron chi connectivity index (χ2n) is 5.69. The van der Waals surface area contributed by atoms with Gasteiger partial charge in [-0.15, -0.1) is 11.3 Å². The van der Waals surface area contributed by atoms with E-state index in [1.54, 1.807) is 0 Å². The van der Waals surface area contributed by atoms with Crippen molar-refractivity contribution in [2.75, 3.05) is 20.1 Å². The molecule has 1 aromatic heterocycles. The number of carbonyl (C=O) groups excluding carboxylic acids is 1. The maximum Gasteiger partial charge on any atom is 0.230 e. The first kappa shape index (κ1) is 13.1. The van der Waals surface area contributed by atoms with Crippen LogP contribution in [0.5, 0.6) is 0 Å². The summed E-state index contributed by atoms with van der Waals surface area (Å²) in [6.45, 7) is 2.04. The number of hydrogen-bond acceptors (Lipinski definition) is 3. The van der Waals surface area contributed by atoms with Gasteiger partial charge in [0.1, 0.15) is 0 Å². The van der Waals surface area contributed by atoms with E-state index in [1.807, 2.05) is 23.3 Å². The van der Waals surface area contributed by atoms with Crippen LogP contribution in [0.4, 0.5) is 0 Å². The molecule has 2 unspecified atom stereocenters. The molecule has 1 amide bonds. The topological polar surface area (TPSA) is 32.3 Å². The van der Waals surface area contributed by atoms with E-state index in [2.05, 4.69) is 16.8 Å². The summed E-state index contributed by atoms with van der Waals surface area (Å²) in [5.41, 5.74) is 1.30. The lowest BCUT2D eigenvalue weighted by Crippen LogP contribution is -2.48. The van der Waals surface area contributed by atoms with Gasteiger partial charge in [0.25, 0.3) is 0 Å². The maximum absolute atomic E-state index is 12.8. The largest absolute Gasteiger partial charge is 0.341 e. The molecule has 3 nitrogen and oxygen atoms in total. The van der Waals surface area contributed by atoms with E-state index in [4.69, 9.17) is 0 Å². The van der Waals surface area contributed by atoms with Crippen LogP contribution in [-0.4, -0.2) is 37.0 Å². The fraction of sp³-hybridized carbons (Fsp3) is 0.667. The number of nitrogens with zero attached hydrogens (tertiary/aromatic N) is 1. The van der Waals surface area contributed by atoms with Crippen LogP contribution in [0.3, 0.4) is 0 Å². The molecule has 0 spiro atoms. The van der Waals surface area contributed by atoms with Crippen LogP contribution in [0.2, 0.25) is 0 Å². The first-order valence-corrected chi connectivity index (χ1v) is 8.19. The van der Waals surface area contributed by atoms with E-state index in [0.29, 0.717) is 11.9 Å². The lowest BCUT2D eigenvalue weighted by Gasteiger charge is -2.35. The van der Waals surface area contributed by atoms with Crippen molar-refractivity contribution < 1.29 is 4.79 Å². The van der Waals surface area contributed by atoms with Crippen molar-refractivity contribution in [1.29, 1.82) is 0 Å². The third kappa shape index (κ3) is 2.56. The molecule has 1 fully saturated rings. The Balaban J connectivity index is 1.74. The number of likely N-dealkylation sites (N-methyl/N-ethyl adjacent to an activating group) is 1. The van der Waals surface area contributed by atoms with Gasteiger partial charge in [0.05, 0.1) is 5.92 Å². The number of fused-ring (bicyclic) bond motifs is 1. The smallest absolute Gasteiger partial charge is 0.230 e. The summed E-state index contributed by atoms with van der Waals surface area (Å²) in [6, 6.07) is 2.54. The average Bonchev–Trinajstić information content (AvgIpc) is 2.95. The number of aryl methyl sites for hydroxylation is 1. The fourth-order valence-electron chi connectivity index (χ4n) is 3.33. The molecule has 0 saturated carbocycles. The Labute approximate surface area is 119 Å². The second-order valence-corrected chi connectivity index (χ2v) is 6.69. The molecule has 1 aromatic rings. The summed E-state index contributed by atoms with van der Waals surface area (Å²) >= 11 is 1.81. The van der Waals surface area contributed by atoms with Crippen LogP contribution < -0.4 is 5.32 Å². The van der Waals surface area contributed by atoms with Crippen molar-refractivity contribution in [3.05, 3.63) is 21.9 Å². The van der Waals surface area contributed by atoms with Crippen LogP contribution in [0, 0.1) is 0 Å². The Morgan fingerprint density at radius 2 is 2.32 bits per heavy atom. The van der Waals surface area contributed by atoms with Gasteiger partial charge >= 0.3 is 0 Å². The quantitative estimate of drug-likeness (QED) is 0.901. The Kier molecular flexibility index (Phi) is 3.89. The lowest BCUT2D eigenvalue weighted by atomic mass is 9.86. The second kappa shape index (κ2) is 5.63. The Hall–Kier alpha value is -0.870. The highest BCUT2D eigenvalue weighted by molar-refractivity contribution is 7.10. The molecule has 1 saturated heterocycles. The number of thiophene rings is 1. The van der Waals surface area contributed by atoms with Crippen LogP contribution >= 0.6 is 11.3 Å². The van der Waals surface area contributed by atoms with Gasteiger partial charge in [-0.25, -0.2) is 0 Å². The molecule has 4 heteroatoms. The molecule has 1 aliphatic heterocycles. The lowest BCUT2D eigenvalue weighted by molar-refractivity contribution is -0.134. The Bertz CT molecular complexity index is 451. The monoisotopic (exact) mass is 278 g/mol. The molecule has 3 rings (SSSR count). The van der Waals surface area contributed by atoms with Gasteiger partial charge in [-0.3, -0.25) is 4.79 Å². The zero-order valence-corrected chi connectivity index (χ0v) is 12.3. The predicted octanol–water partition coefficient (Wildman–Crippen LogP) is 2.38. The molecular weight excluding hydrogens is 256 g/mol. The van der Waals surface area contributed by atoms with E-state index in [-0.39, 0.29) is 5.92 Å². The van der Waals surface area contributed by atoms with Crippen molar-refractivity contribution in [2.45, 2.75) is 44.1 Å². The Morgan fingerprint density at radius 3 is 3.11 bits per heavy atom. The maximum atomic E-state index is 12.8. The highest BCUT2D eigenvalue weighted by atomic mass is 32.1. The van der Waals surface area contributed by atoms with Crippen LogP contribution in [-0.2, 0) is 11.2 Å². The Morgan fingerprint density at radius 1 is 1.42 bits per heavy atom. The van der Waals surface area contributed by atoms with Gasteiger partial charge < -0.3 is 10.2 Å². The molecule has 2 aliphatic rings. The molecule has 1 N–H and O–H groups in total. The fourth-order valence-corrected chi connectivity index (χ4v) is 4.32. The summed E-state index contributed by atoms with van der Waals surface area (Å²) in [6.07, 6.45) is 5.65. The number of hydrogen-bond donors (Lipinski definition) is 1. The number of nitrogens with one attached hydrogen (secondary N) is 1. The summed E-state index contributed by atoms with van der Waals surface area (Å²) in [5, 5.41) is 5.53. The van der Waals surface area contributed by atoms with Gasteiger partial charge in [0.15, 0.2) is 0 Å². The summed E-state index contributed by atoms with van der Waals surface area (Å²) < 4.78 is 0. The van der Waals surface area contributed by atoms with Crippen LogP contribution in [0.25, 0.3) is 0 Å². The first-order chi connectivity index (χ1) is 9.27. The van der Waals surface area contributed by atoms with Crippen molar-refractivity contribution >= 4 is 17.2 Å². The van der Waals surface area contributed by atoms with Crippen molar-refractivity contribution in [3.8, 4) is 0 Å². The summed E-state index contributed by atoms with van der Waals surface area (Å²) in [7, 11) is 1.99. The minimum absolute atomic E-state index is 0.113. The van der Waals surface area contributed by atoms with E-state index in [9.17, 15) is 4.79 Å². The van der Waals surface area contributed by atoms with Gasteiger partial charge in [0.2, 0.25) is 5.91 Å². The zero-order chi connectivity index (χ0) is 13.2. The number of piperidine rings is 1. The third-order valence-electron chi connectivity index (χ3n) is 4.52. The van der Waals surface area contributed by atoms with Gasteiger partial charge in [-0.2, -0.15) is 0 Å². The first-order valence-electron chi connectivity index (χ1n) is 7.31. The molecule has 2 atom stereocenters. The van der Waals surface area contributed by atoms with Crippen molar-refractivity contribution in [2.24, 2.45) is 0 Å². The van der Waals surface area contributed by atoms with E-state index in [0.717, 1.165) is 38.8 Å². The number of carbonyl (C=O) groups is 1. The standard InChI is InChI=1S/C15H22N2OS/c1-17(11-4-3-8-16-10-11)15(18)13-5-2-6-14-12(13)7-9-19-14/h7,9,11,13,16H,2-6,8,10H2,1H3. The molecule has 0 bridgehead atoms. The molecule has 0 aromatic carbocycles. The summed E-state index contributed by atoms with van der Waals surface area (Å²) in [4.78, 5) is 16.2. The van der Waals surface area contributed by atoms with E-state index < -0.39 is 0 Å². The number of rotatable bonds is 2. The molecule has 104 valence electrons. The van der Waals surface area contributed by atoms with Gasteiger partial charge in [-0.1, -0.05) is 0 Å². The molecular formula is C15H22N2OS. The van der Waals surface area contributed by atoms with Crippen molar-refractivity contribution in [3.63, 3.8) is 0 Å². The average molecular weight is 278 g/mol. The minimum atomic E-state index is 0.113. The molecule has 2 heterocycles. The highest BCUT2D eigenvalue weighted by Gasteiger charge is 2.32. The zero-order valence-electron chi connectivity index (χ0n) is 11.5. The number of amides is 1. The van der Waals surface area contributed by atoms with E-state index >= 15 is 0 Å². The molecule has 19 heavy (non-hydrogen) atoms. The van der Waals surface area contributed by atoms with Gasteiger partial charge in [0, 0.05) is 24.5 Å². The van der Waals surface area contributed by atoms with Crippen molar-refractivity contribution in [1.82, 2.24) is 10.2 Å². The van der Waals surface area contributed by atoms with E-state index in [1.165, 1.54) is 16.9 Å². The van der Waals surface area contributed by atoms with Crippen LogP contribution in [0.1, 0.15) is 42.0 Å². The minimum Gasteiger partial charge on any atom is -0.341 e. The molecule has 0 radical (unpaired) electrons. The predicted molar refractivity (Wildman–Crippen MR) is 78.7 cm³/mol. The molecule has 1 aliphatic carbocycles. The SMILES string of the molecule is CN(C(=O)C1CCCc2sccc21)C1CCCNC1.